The van der Waals surface area contributed by atoms with E-state index in [1.54, 1.807) is 11.8 Å². The molecule has 1 aliphatic rings. The third-order valence-corrected chi connectivity index (χ3v) is 3.78. The standard InChI is InChI=1S/C16H22N2O2/c1-5-12-8-6-7-9-13(12)18-14(10(2)3)15(19)17-11(4)16(18)20/h6-11,14H,5H2,1-4H3,(H,17,19). The van der Waals surface area contributed by atoms with Gasteiger partial charge in [-0.1, -0.05) is 39.0 Å². The van der Waals surface area contributed by atoms with E-state index >= 15 is 0 Å². The first-order chi connectivity index (χ1) is 9.47. The Hall–Kier alpha value is -1.84. The maximum absolute atomic E-state index is 12.6. The number of aryl methyl sites for hydroxylation is 1. The minimum atomic E-state index is -0.470. The van der Waals surface area contributed by atoms with Gasteiger partial charge in [-0.15, -0.1) is 0 Å². The lowest BCUT2D eigenvalue weighted by Gasteiger charge is -2.40. The molecule has 0 saturated carbocycles. The molecule has 2 atom stereocenters. The van der Waals surface area contributed by atoms with Crippen LogP contribution in [0.25, 0.3) is 0 Å². The summed E-state index contributed by atoms with van der Waals surface area (Å²) in [5.41, 5.74) is 1.95. The van der Waals surface area contributed by atoms with E-state index in [9.17, 15) is 9.59 Å². The van der Waals surface area contributed by atoms with E-state index in [1.165, 1.54) is 0 Å². The van der Waals surface area contributed by atoms with Crippen LogP contribution in [0.5, 0.6) is 0 Å². The number of carbonyl (C=O) groups is 2. The van der Waals surface area contributed by atoms with Gasteiger partial charge in [0.1, 0.15) is 12.1 Å². The topological polar surface area (TPSA) is 49.4 Å². The highest BCUT2D eigenvalue weighted by molar-refractivity contribution is 6.08. The van der Waals surface area contributed by atoms with Crippen molar-refractivity contribution in [3.8, 4) is 0 Å². The Kier molecular flexibility index (Phi) is 4.12. The molecular weight excluding hydrogens is 252 g/mol. The van der Waals surface area contributed by atoms with Gasteiger partial charge < -0.3 is 5.32 Å². The molecule has 1 aromatic rings. The van der Waals surface area contributed by atoms with Crippen molar-refractivity contribution in [2.24, 2.45) is 5.92 Å². The number of hydrogen-bond acceptors (Lipinski definition) is 2. The number of rotatable bonds is 3. The lowest BCUT2D eigenvalue weighted by Crippen LogP contribution is -2.64. The Labute approximate surface area is 120 Å². The van der Waals surface area contributed by atoms with E-state index in [2.05, 4.69) is 12.2 Å². The zero-order valence-corrected chi connectivity index (χ0v) is 12.5. The minimum absolute atomic E-state index is 0.0378. The number of benzene rings is 1. The largest absolute Gasteiger partial charge is 0.343 e. The fourth-order valence-electron chi connectivity index (χ4n) is 2.74. The van der Waals surface area contributed by atoms with Gasteiger partial charge in [-0.05, 0) is 30.9 Å². The summed E-state index contributed by atoms with van der Waals surface area (Å²) in [6, 6.07) is 6.91. The fraction of sp³-hybridized carbons (Fsp3) is 0.500. The van der Waals surface area contributed by atoms with Crippen molar-refractivity contribution < 1.29 is 9.59 Å². The first-order valence-corrected chi connectivity index (χ1v) is 7.18. The summed E-state index contributed by atoms with van der Waals surface area (Å²) in [5, 5.41) is 2.77. The second-order valence-electron chi connectivity index (χ2n) is 5.61. The summed E-state index contributed by atoms with van der Waals surface area (Å²) in [4.78, 5) is 26.5. The van der Waals surface area contributed by atoms with E-state index in [-0.39, 0.29) is 17.7 Å². The van der Waals surface area contributed by atoms with Gasteiger partial charge in [0.15, 0.2) is 0 Å². The number of nitrogens with one attached hydrogen (secondary N) is 1. The molecule has 1 aliphatic heterocycles. The predicted molar refractivity (Wildman–Crippen MR) is 79.5 cm³/mol. The second-order valence-corrected chi connectivity index (χ2v) is 5.61. The monoisotopic (exact) mass is 274 g/mol. The average molecular weight is 274 g/mol. The Balaban J connectivity index is 2.52. The molecule has 4 nitrogen and oxygen atoms in total. The first-order valence-electron chi connectivity index (χ1n) is 7.18. The van der Waals surface area contributed by atoms with Gasteiger partial charge in [0.2, 0.25) is 11.8 Å². The molecule has 2 amide bonds. The maximum atomic E-state index is 12.6. The lowest BCUT2D eigenvalue weighted by atomic mass is 9.95. The van der Waals surface area contributed by atoms with Crippen molar-refractivity contribution in [3.63, 3.8) is 0 Å². The molecule has 0 aromatic heterocycles. The number of hydrogen-bond donors (Lipinski definition) is 1. The van der Waals surface area contributed by atoms with Crippen molar-refractivity contribution in [1.82, 2.24) is 5.32 Å². The summed E-state index contributed by atoms with van der Waals surface area (Å²) in [6.07, 6.45) is 0.834. The van der Waals surface area contributed by atoms with Crippen LogP contribution < -0.4 is 10.2 Å². The van der Waals surface area contributed by atoms with Crippen molar-refractivity contribution >= 4 is 17.5 Å². The SMILES string of the molecule is CCc1ccccc1N1C(=O)C(C)NC(=O)C1C(C)C. The van der Waals surface area contributed by atoms with Crippen LogP contribution >= 0.6 is 0 Å². The normalized spacial score (nSPS) is 23.1. The molecule has 20 heavy (non-hydrogen) atoms. The van der Waals surface area contributed by atoms with Gasteiger partial charge in [0, 0.05) is 5.69 Å². The Morgan fingerprint density at radius 2 is 1.90 bits per heavy atom. The van der Waals surface area contributed by atoms with Crippen LogP contribution in [0.1, 0.15) is 33.3 Å². The molecule has 4 heteroatoms. The molecule has 1 saturated heterocycles. The molecule has 0 radical (unpaired) electrons. The second kappa shape index (κ2) is 5.65. The summed E-state index contributed by atoms with van der Waals surface area (Å²) in [7, 11) is 0. The molecule has 1 heterocycles. The summed E-state index contributed by atoms with van der Waals surface area (Å²) >= 11 is 0. The van der Waals surface area contributed by atoms with Crippen molar-refractivity contribution in [3.05, 3.63) is 29.8 Å². The molecule has 1 fully saturated rings. The molecule has 0 spiro atoms. The highest BCUT2D eigenvalue weighted by Crippen LogP contribution is 2.28. The quantitative estimate of drug-likeness (QED) is 0.918. The molecule has 1 aromatic carbocycles. The highest BCUT2D eigenvalue weighted by Gasteiger charge is 2.41. The summed E-state index contributed by atoms with van der Waals surface area (Å²) < 4.78 is 0. The lowest BCUT2D eigenvalue weighted by molar-refractivity contribution is -0.134. The van der Waals surface area contributed by atoms with Gasteiger partial charge in [-0.25, -0.2) is 0 Å². The Morgan fingerprint density at radius 3 is 2.50 bits per heavy atom. The molecular formula is C16H22N2O2. The average Bonchev–Trinajstić information content (AvgIpc) is 2.42. The fourth-order valence-corrected chi connectivity index (χ4v) is 2.74. The van der Waals surface area contributed by atoms with Crippen LogP contribution in [0.3, 0.4) is 0 Å². The van der Waals surface area contributed by atoms with E-state index in [0.29, 0.717) is 0 Å². The summed E-state index contributed by atoms with van der Waals surface area (Å²) in [5.74, 6) is -0.0430. The van der Waals surface area contributed by atoms with Gasteiger partial charge in [-0.3, -0.25) is 14.5 Å². The maximum Gasteiger partial charge on any atom is 0.250 e. The number of carbonyl (C=O) groups excluding carboxylic acids is 2. The number of amides is 2. The Morgan fingerprint density at radius 1 is 1.25 bits per heavy atom. The highest BCUT2D eigenvalue weighted by atomic mass is 16.2. The molecule has 1 N–H and O–H groups in total. The van der Waals surface area contributed by atoms with Crippen LogP contribution in [0, 0.1) is 5.92 Å². The van der Waals surface area contributed by atoms with Crippen molar-refractivity contribution in [2.45, 2.75) is 46.2 Å². The third kappa shape index (κ3) is 2.42. The number of anilines is 1. The number of para-hydroxylation sites is 1. The Bertz CT molecular complexity index is 525. The van der Waals surface area contributed by atoms with Crippen LogP contribution in [0.4, 0.5) is 5.69 Å². The van der Waals surface area contributed by atoms with E-state index in [4.69, 9.17) is 0 Å². The molecule has 2 unspecified atom stereocenters. The van der Waals surface area contributed by atoms with E-state index in [1.807, 2.05) is 38.1 Å². The predicted octanol–water partition coefficient (Wildman–Crippen LogP) is 2.12. The smallest absolute Gasteiger partial charge is 0.250 e. The number of nitrogens with zero attached hydrogens (tertiary/aromatic N) is 1. The molecule has 108 valence electrons. The van der Waals surface area contributed by atoms with E-state index < -0.39 is 12.1 Å². The molecule has 0 bridgehead atoms. The number of piperazine rings is 1. The minimum Gasteiger partial charge on any atom is -0.343 e. The van der Waals surface area contributed by atoms with Gasteiger partial charge in [-0.2, -0.15) is 0 Å². The van der Waals surface area contributed by atoms with Crippen molar-refractivity contribution in [2.75, 3.05) is 4.90 Å². The zero-order valence-electron chi connectivity index (χ0n) is 12.5. The molecule has 0 aliphatic carbocycles. The van der Waals surface area contributed by atoms with E-state index in [0.717, 1.165) is 17.7 Å². The summed E-state index contributed by atoms with van der Waals surface area (Å²) in [6.45, 7) is 7.73. The van der Waals surface area contributed by atoms with Crippen LogP contribution in [-0.4, -0.2) is 23.9 Å². The third-order valence-electron chi connectivity index (χ3n) is 3.78. The van der Waals surface area contributed by atoms with Gasteiger partial charge in [0.25, 0.3) is 0 Å². The first kappa shape index (κ1) is 14.6. The zero-order chi connectivity index (χ0) is 14.9. The van der Waals surface area contributed by atoms with Gasteiger partial charge >= 0.3 is 0 Å². The van der Waals surface area contributed by atoms with Crippen LogP contribution in [-0.2, 0) is 16.0 Å². The molecule has 2 rings (SSSR count). The van der Waals surface area contributed by atoms with Gasteiger partial charge in [0.05, 0.1) is 0 Å². The van der Waals surface area contributed by atoms with Crippen molar-refractivity contribution in [1.29, 1.82) is 0 Å². The van der Waals surface area contributed by atoms with Crippen LogP contribution in [0.2, 0.25) is 0 Å². The van der Waals surface area contributed by atoms with Crippen LogP contribution in [0.15, 0.2) is 24.3 Å².